The van der Waals surface area contributed by atoms with Crippen LogP contribution in [0.3, 0.4) is 0 Å². The minimum atomic E-state index is -0.223. The topological polar surface area (TPSA) is 41.6 Å². The summed E-state index contributed by atoms with van der Waals surface area (Å²) in [7, 11) is 0. The number of piperidine rings is 1. The molecule has 1 amide bonds. The van der Waals surface area contributed by atoms with Crippen LogP contribution in [0.4, 0.5) is 10.5 Å². The maximum absolute atomic E-state index is 12.2. The average Bonchev–Trinajstić information content (AvgIpc) is 2.64. The Morgan fingerprint density at radius 1 is 1.20 bits per heavy atom. The molecule has 0 bridgehead atoms. The highest BCUT2D eigenvalue weighted by molar-refractivity contribution is 14.1. The van der Waals surface area contributed by atoms with Gasteiger partial charge in [0.1, 0.15) is 6.61 Å². The number of carbonyl (C=O) groups is 1. The smallest absolute Gasteiger partial charge is 0.410 e. The van der Waals surface area contributed by atoms with Gasteiger partial charge in [-0.15, -0.1) is 0 Å². The maximum atomic E-state index is 12.2. The normalized spacial score (nSPS) is 15.0. The molecule has 0 spiro atoms. The van der Waals surface area contributed by atoms with Gasteiger partial charge in [-0.05, 0) is 75.1 Å². The van der Waals surface area contributed by atoms with Gasteiger partial charge in [0, 0.05) is 32.9 Å². The van der Waals surface area contributed by atoms with Gasteiger partial charge in [0.2, 0.25) is 0 Å². The molecule has 0 atom stereocenters. The summed E-state index contributed by atoms with van der Waals surface area (Å²) in [5, 5.41) is 3.55. The number of halogens is 2. The first kappa shape index (κ1) is 18.5. The summed E-state index contributed by atoms with van der Waals surface area (Å²) in [5.41, 5.74) is 2.12. The second kappa shape index (κ2) is 8.89. The highest BCUT2D eigenvalue weighted by Gasteiger charge is 2.23. The molecule has 1 N–H and O–H groups in total. The first-order valence-corrected chi connectivity index (χ1v) is 10.2. The van der Waals surface area contributed by atoms with Gasteiger partial charge in [0.05, 0.1) is 0 Å². The molecular weight excluding hydrogens is 495 g/mol. The zero-order valence-electron chi connectivity index (χ0n) is 13.8. The molecule has 0 aromatic heterocycles. The highest BCUT2D eigenvalue weighted by atomic mass is 127. The van der Waals surface area contributed by atoms with Crippen molar-refractivity contribution >= 4 is 50.3 Å². The molecule has 2 aromatic carbocycles. The number of rotatable bonds is 4. The van der Waals surface area contributed by atoms with Crippen molar-refractivity contribution in [3.8, 4) is 0 Å². The summed E-state index contributed by atoms with van der Waals surface area (Å²) in [6, 6.07) is 16.4. The number of anilines is 1. The van der Waals surface area contributed by atoms with Crippen LogP contribution in [0.1, 0.15) is 18.4 Å². The first-order valence-electron chi connectivity index (χ1n) is 8.29. The summed E-state index contributed by atoms with van der Waals surface area (Å²) in [4.78, 5) is 14.0. The maximum Gasteiger partial charge on any atom is 0.410 e. The minimum Gasteiger partial charge on any atom is -0.445 e. The number of likely N-dealkylation sites (tertiary alicyclic amines) is 1. The van der Waals surface area contributed by atoms with Crippen LogP contribution in [0.25, 0.3) is 0 Å². The Bertz CT molecular complexity index is 719. The Hall–Kier alpha value is -1.28. The third kappa shape index (κ3) is 5.34. The third-order valence-corrected chi connectivity index (χ3v) is 6.59. The lowest BCUT2D eigenvalue weighted by Crippen LogP contribution is -2.42. The van der Waals surface area contributed by atoms with E-state index in [9.17, 15) is 4.79 Å². The number of amides is 1. The van der Waals surface area contributed by atoms with E-state index in [2.05, 4.69) is 62.0 Å². The van der Waals surface area contributed by atoms with Crippen molar-refractivity contribution in [3.05, 3.63) is 62.1 Å². The molecule has 1 aliphatic heterocycles. The number of benzene rings is 2. The lowest BCUT2D eigenvalue weighted by atomic mass is 10.1. The molecule has 6 heteroatoms. The van der Waals surface area contributed by atoms with E-state index in [0.29, 0.717) is 12.6 Å². The summed E-state index contributed by atoms with van der Waals surface area (Å²) < 4.78 is 7.70. The first-order chi connectivity index (χ1) is 12.1. The van der Waals surface area contributed by atoms with Gasteiger partial charge in [-0.25, -0.2) is 4.79 Å². The Morgan fingerprint density at radius 3 is 2.60 bits per heavy atom. The fourth-order valence-corrected chi connectivity index (χ4v) is 3.55. The Kier molecular flexibility index (Phi) is 6.58. The second-order valence-corrected chi connectivity index (χ2v) is 8.09. The van der Waals surface area contributed by atoms with E-state index >= 15 is 0 Å². The average molecular weight is 515 g/mol. The Balaban J connectivity index is 1.44. The second-order valence-electron chi connectivity index (χ2n) is 6.07. The largest absolute Gasteiger partial charge is 0.445 e. The van der Waals surface area contributed by atoms with Crippen molar-refractivity contribution in [3.63, 3.8) is 0 Å². The van der Waals surface area contributed by atoms with Crippen LogP contribution in [0.5, 0.6) is 0 Å². The molecule has 0 saturated carbocycles. The van der Waals surface area contributed by atoms with Crippen LogP contribution >= 0.6 is 38.5 Å². The molecule has 3 rings (SSSR count). The Labute approximate surface area is 170 Å². The van der Waals surface area contributed by atoms with Gasteiger partial charge in [0.25, 0.3) is 0 Å². The molecule has 0 aliphatic carbocycles. The lowest BCUT2D eigenvalue weighted by molar-refractivity contribution is 0.0882. The quantitative estimate of drug-likeness (QED) is 0.565. The van der Waals surface area contributed by atoms with Gasteiger partial charge in [-0.1, -0.05) is 30.3 Å². The summed E-state index contributed by atoms with van der Waals surface area (Å²) >= 11 is 5.86. The number of hydrogen-bond acceptors (Lipinski definition) is 3. The highest BCUT2D eigenvalue weighted by Crippen LogP contribution is 2.25. The van der Waals surface area contributed by atoms with Crippen LogP contribution in [0.2, 0.25) is 0 Å². The van der Waals surface area contributed by atoms with Crippen molar-refractivity contribution in [2.24, 2.45) is 0 Å². The third-order valence-electron chi connectivity index (χ3n) is 4.25. The van der Waals surface area contributed by atoms with Crippen LogP contribution in [-0.2, 0) is 11.3 Å². The van der Waals surface area contributed by atoms with E-state index in [1.54, 1.807) is 4.90 Å². The van der Waals surface area contributed by atoms with E-state index in [0.717, 1.165) is 41.7 Å². The number of hydrogen-bond donors (Lipinski definition) is 1. The number of nitrogens with one attached hydrogen (secondary N) is 1. The SMILES string of the molecule is O=C(OCc1ccccc1)N1CCC(Nc2ccc(I)c(Br)c2)CC1. The summed E-state index contributed by atoms with van der Waals surface area (Å²) in [6.07, 6.45) is 1.62. The predicted octanol–water partition coefficient (Wildman–Crippen LogP) is 5.27. The van der Waals surface area contributed by atoms with Crippen LogP contribution in [0.15, 0.2) is 53.0 Å². The van der Waals surface area contributed by atoms with Crippen molar-refractivity contribution in [1.82, 2.24) is 4.90 Å². The fourth-order valence-electron chi connectivity index (χ4n) is 2.84. The molecule has 0 radical (unpaired) electrons. The van der Waals surface area contributed by atoms with Gasteiger partial charge in [-0.2, -0.15) is 0 Å². The predicted molar refractivity (Wildman–Crippen MR) is 112 cm³/mol. The monoisotopic (exact) mass is 514 g/mol. The van der Waals surface area contributed by atoms with Gasteiger partial charge < -0.3 is 15.0 Å². The molecule has 1 heterocycles. The van der Waals surface area contributed by atoms with Gasteiger partial charge in [-0.3, -0.25) is 0 Å². The zero-order chi connectivity index (χ0) is 17.6. The Morgan fingerprint density at radius 2 is 1.92 bits per heavy atom. The molecule has 0 unspecified atom stereocenters. The zero-order valence-corrected chi connectivity index (χ0v) is 17.5. The number of ether oxygens (including phenoxy) is 1. The van der Waals surface area contributed by atoms with Gasteiger partial charge in [0.15, 0.2) is 0 Å². The van der Waals surface area contributed by atoms with Crippen molar-refractivity contribution in [2.75, 3.05) is 18.4 Å². The standard InChI is InChI=1S/C19H20BrIN2O2/c20-17-12-16(6-7-18(17)21)22-15-8-10-23(11-9-15)19(24)25-13-14-4-2-1-3-5-14/h1-7,12,15,22H,8-11,13H2. The fraction of sp³-hybridized carbons (Fsp3) is 0.316. The van der Waals surface area contributed by atoms with Crippen molar-refractivity contribution in [2.45, 2.75) is 25.5 Å². The molecule has 1 fully saturated rings. The summed E-state index contributed by atoms with van der Waals surface area (Å²) in [6.45, 7) is 1.77. The molecule has 1 aliphatic rings. The van der Waals surface area contributed by atoms with Crippen molar-refractivity contribution in [1.29, 1.82) is 0 Å². The van der Waals surface area contributed by atoms with E-state index < -0.39 is 0 Å². The molecule has 1 saturated heterocycles. The van der Waals surface area contributed by atoms with E-state index in [1.807, 2.05) is 30.3 Å². The number of nitrogens with zero attached hydrogens (tertiary/aromatic N) is 1. The molecule has 132 valence electrons. The molecule has 25 heavy (non-hydrogen) atoms. The van der Waals surface area contributed by atoms with Crippen molar-refractivity contribution < 1.29 is 9.53 Å². The van der Waals surface area contributed by atoms with Gasteiger partial charge >= 0.3 is 6.09 Å². The van der Waals surface area contributed by atoms with E-state index in [-0.39, 0.29) is 6.09 Å². The molecule has 2 aromatic rings. The lowest BCUT2D eigenvalue weighted by Gasteiger charge is -2.32. The minimum absolute atomic E-state index is 0.223. The molecule has 4 nitrogen and oxygen atoms in total. The van der Waals surface area contributed by atoms with Crippen LogP contribution < -0.4 is 5.32 Å². The molecular formula is C19H20BrIN2O2. The van der Waals surface area contributed by atoms with Crippen LogP contribution in [-0.4, -0.2) is 30.1 Å². The number of carbonyl (C=O) groups excluding carboxylic acids is 1. The van der Waals surface area contributed by atoms with Crippen LogP contribution in [0, 0.1) is 3.57 Å². The van der Waals surface area contributed by atoms with E-state index in [4.69, 9.17) is 4.74 Å². The van der Waals surface area contributed by atoms with E-state index in [1.165, 1.54) is 3.57 Å². The summed E-state index contributed by atoms with van der Waals surface area (Å²) in [5.74, 6) is 0.